The summed E-state index contributed by atoms with van der Waals surface area (Å²) >= 11 is 0. The second kappa shape index (κ2) is 6.56. The summed E-state index contributed by atoms with van der Waals surface area (Å²) in [6.45, 7) is 1.89. The molecule has 0 aromatic heterocycles. The molecule has 3 N–H and O–H groups in total. The van der Waals surface area contributed by atoms with E-state index in [0.717, 1.165) is 5.56 Å². The summed E-state index contributed by atoms with van der Waals surface area (Å²) in [5.74, 6) is -0.997. The summed E-state index contributed by atoms with van der Waals surface area (Å²) in [6, 6.07) is 15.1. The van der Waals surface area contributed by atoms with Crippen LogP contribution in [0.1, 0.15) is 28.9 Å². The van der Waals surface area contributed by atoms with Crippen LogP contribution in [0.15, 0.2) is 54.6 Å². The van der Waals surface area contributed by atoms with Crippen LogP contribution in [0.4, 0.5) is 10.5 Å². The highest BCUT2D eigenvalue weighted by Gasteiger charge is 2.09. The Morgan fingerprint density at radius 3 is 2.19 bits per heavy atom. The number of rotatable bonds is 4. The van der Waals surface area contributed by atoms with Gasteiger partial charge in [0.05, 0.1) is 11.6 Å². The Hall–Kier alpha value is -2.82. The molecule has 0 saturated heterocycles. The number of aromatic carboxylic acids is 1. The van der Waals surface area contributed by atoms with Gasteiger partial charge < -0.3 is 15.7 Å². The van der Waals surface area contributed by atoms with Gasteiger partial charge in [0.15, 0.2) is 0 Å². The number of carboxylic acid groups (broad SMARTS) is 1. The van der Waals surface area contributed by atoms with Crippen LogP contribution in [0.2, 0.25) is 0 Å². The third-order valence-corrected chi connectivity index (χ3v) is 3.04. The van der Waals surface area contributed by atoms with Gasteiger partial charge in [0.25, 0.3) is 0 Å². The lowest BCUT2D eigenvalue weighted by Gasteiger charge is -2.15. The van der Waals surface area contributed by atoms with Crippen molar-refractivity contribution in [2.45, 2.75) is 13.0 Å². The van der Waals surface area contributed by atoms with Crippen LogP contribution >= 0.6 is 0 Å². The summed E-state index contributed by atoms with van der Waals surface area (Å²) in [6.07, 6.45) is 0. The number of nitrogens with one attached hydrogen (secondary N) is 2. The largest absolute Gasteiger partial charge is 0.478 e. The van der Waals surface area contributed by atoms with E-state index in [4.69, 9.17) is 5.11 Å². The number of amides is 2. The molecule has 5 heteroatoms. The molecule has 0 radical (unpaired) electrons. The van der Waals surface area contributed by atoms with Crippen LogP contribution in [-0.2, 0) is 0 Å². The van der Waals surface area contributed by atoms with Crippen molar-refractivity contribution in [3.05, 3.63) is 65.7 Å². The minimum absolute atomic E-state index is 0.121. The minimum Gasteiger partial charge on any atom is -0.478 e. The van der Waals surface area contributed by atoms with Gasteiger partial charge in [-0.05, 0) is 36.8 Å². The Balaban J connectivity index is 1.94. The van der Waals surface area contributed by atoms with Crippen molar-refractivity contribution in [1.29, 1.82) is 0 Å². The van der Waals surface area contributed by atoms with E-state index in [1.165, 1.54) is 12.1 Å². The first-order valence-electron chi connectivity index (χ1n) is 6.52. The van der Waals surface area contributed by atoms with E-state index in [1.807, 2.05) is 37.3 Å². The third kappa shape index (κ3) is 4.07. The molecule has 2 aromatic rings. The summed E-state index contributed by atoms with van der Waals surface area (Å²) in [5.41, 5.74) is 1.73. The van der Waals surface area contributed by atoms with Gasteiger partial charge in [0.1, 0.15) is 0 Å². The Morgan fingerprint density at radius 1 is 1.00 bits per heavy atom. The summed E-state index contributed by atoms with van der Waals surface area (Å²) in [5, 5.41) is 14.3. The zero-order valence-corrected chi connectivity index (χ0v) is 11.5. The van der Waals surface area contributed by atoms with E-state index >= 15 is 0 Å². The van der Waals surface area contributed by atoms with E-state index in [0.29, 0.717) is 5.69 Å². The standard InChI is InChI=1S/C16H16N2O3/c1-11(12-5-3-2-4-6-12)17-16(21)18-14-9-7-13(8-10-14)15(19)20/h2-11H,1H3,(H,19,20)(H2,17,18,21)/t11-/m0/s1. The summed E-state index contributed by atoms with van der Waals surface area (Å²) in [4.78, 5) is 22.6. The molecule has 108 valence electrons. The molecule has 0 heterocycles. The highest BCUT2D eigenvalue weighted by atomic mass is 16.4. The number of carbonyl (C=O) groups excluding carboxylic acids is 1. The van der Waals surface area contributed by atoms with Crippen molar-refractivity contribution >= 4 is 17.7 Å². The van der Waals surface area contributed by atoms with Crippen LogP contribution in [-0.4, -0.2) is 17.1 Å². The van der Waals surface area contributed by atoms with Gasteiger partial charge >= 0.3 is 12.0 Å². The van der Waals surface area contributed by atoms with Crippen molar-refractivity contribution in [2.24, 2.45) is 0 Å². The predicted octanol–water partition coefficient (Wildman–Crippen LogP) is 3.27. The zero-order chi connectivity index (χ0) is 15.2. The quantitative estimate of drug-likeness (QED) is 0.806. The second-order valence-electron chi connectivity index (χ2n) is 4.61. The molecule has 0 spiro atoms. The smallest absolute Gasteiger partial charge is 0.335 e. The van der Waals surface area contributed by atoms with Crippen molar-refractivity contribution < 1.29 is 14.7 Å². The lowest BCUT2D eigenvalue weighted by molar-refractivity contribution is 0.0697. The van der Waals surface area contributed by atoms with Gasteiger partial charge in [0.2, 0.25) is 0 Å². The molecule has 21 heavy (non-hydrogen) atoms. The molecule has 0 saturated carbocycles. The summed E-state index contributed by atoms with van der Waals surface area (Å²) in [7, 11) is 0. The molecule has 2 aromatic carbocycles. The van der Waals surface area contributed by atoms with Crippen LogP contribution in [0.3, 0.4) is 0 Å². The molecule has 0 aliphatic heterocycles. The molecular weight excluding hydrogens is 268 g/mol. The minimum atomic E-state index is -0.997. The maximum Gasteiger partial charge on any atom is 0.335 e. The first kappa shape index (κ1) is 14.6. The van der Waals surface area contributed by atoms with Gasteiger partial charge in [-0.15, -0.1) is 0 Å². The molecule has 0 fully saturated rings. The fourth-order valence-electron chi connectivity index (χ4n) is 1.89. The predicted molar refractivity (Wildman–Crippen MR) is 80.4 cm³/mol. The van der Waals surface area contributed by atoms with Crippen molar-refractivity contribution in [3.8, 4) is 0 Å². The summed E-state index contributed by atoms with van der Waals surface area (Å²) < 4.78 is 0. The number of carboxylic acids is 1. The lowest BCUT2D eigenvalue weighted by atomic mass is 10.1. The monoisotopic (exact) mass is 284 g/mol. The number of hydrogen-bond acceptors (Lipinski definition) is 2. The van der Waals surface area contributed by atoms with Crippen LogP contribution in [0, 0.1) is 0 Å². The molecule has 0 aliphatic rings. The van der Waals surface area contributed by atoms with E-state index in [2.05, 4.69) is 10.6 Å². The highest BCUT2D eigenvalue weighted by molar-refractivity contribution is 5.91. The number of carbonyl (C=O) groups is 2. The van der Waals surface area contributed by atoms with Gasteiger partial charge in [0, 0.05) is 5.69 Å². The van der Waals surface area contributed by atoms with Gasteiger partial charge in [-0.2, -0.15) is 0 Å². The Labute approximate surface area is 122 Å². The maximum atomic E-state index is 11.9. The third-order valence-electron chi connectivity index (χ3n) is 3.04. The van der Waals surface area contributed by atoms with Crippen LogP contribution in [0.25, 0.3) is 0 Å². The normalized spacial score (nSPS) is 11.5. The van der Waals surface area contributed by atoms with Gasteiger partial charge in [-0.3, -0.25) is 0 Å². The number of anilines is 1. The molecule has 0 unspecified atom stereocenters. The van der Waals surface area contributed by atoms with Crippen molar-refractivity contribution in [3.63, 3.8) is 0 Å². The van der Waals surface area contributed by atoms with Crippen molar-refractivity contribution in [1.82, 2.24) is 5.32 Å². The van der Waals surface area contributed by atoms with E-state index in [-0.39, 0.29) is 17.6 Å². The van der Waals surface area contributed by atoms with Crippen LogP contribution < -0.4 is 10.6 Å². The van der Waals surface area contributed by atoms with Gasteiger partial charge in [-0.1, -0.05) is 30.3 Å². The zero-order valence-electron chi connectivity index (χ0n) is 11.5. The lowest BCUT2D eigenvalue weighted by Crippen LogP contribution is -2.31. The molecule has 2 amide bonds. The maximum absolute atomic E-state index is 11.9. The van der Waals surface area contributed by atoms with Gasteiger partial charge in [-0.25, -0.2) is 9.59 Å². The van der Waals surface area contributed by atoms with Crippen molar-refractivity contribution in [2.75, 3.05) is 5.32 Å². The average molecular weight is 284 g/mol. The second-order valence-corrected chi connectivity index (χ2v) is 4.61. The molecule has 0 bridgehead atoms. The first-order valence-corrected chi connectivity index (χ1v) is 6.52. The number of benzene rings is 2. The molecule has 5 nitrogen and oxygen atoms in total. The Morgan fingerprint density at radius 2 is 1.62 bits per heavy atom. The Bertz CT molecular complexity index is 624. The first-order chi connectivity index (χ1) is 10.1. The Kier molecular flexibility index (Phi) is 4.56. The fraction of sp³-hybridized carbons (Fsp3) is 0.125. The molecule has 0 aliphatic carbocycles. The highest BCUT2D eigenvalue weighted by Crippen LogP contribution is 2.13. The number of urea groups is 1. The van der Waals surface area contributed by atoms with E-state index in [9.17, 15) is 9.59 Å². The van der Waals surface area contributed by atoms with Crippen LogP contribution in [0.5, 0.6) is 0 Å². The molecule has 1 atom stereocenters. The average Bonchev–Trinajstić information content (AvgIpc) is 2.48. The molecular formula is C16H16N2O3. The fourth-order valence-corrected chi connectivity index (χ4v) is 1.89. The molecule has 2 rings (SSSR count). The van der Waals surface area contributed by atoms with E-state index < -0.39 is 5.97 Å². The van der Waals surface area contributed by atoms with E-state index in [1.54, 1.807) is 12.1 Å². The number of hydrogen-bond donors (Lipinski definition) is 3. The topological polar surface area (TPSA) is 78.4 Å². The SMILES string of the molecule is C[C@H](NC(=O)Nc1ccc(C(=O)O)cc1)c1ccccc1.